The van der Waals surface area contributed by atoms with E-state index < -0.39 is 0 Å². The summed E-state index contributed by atoms with van der Waals surface area (Å²) in [5.74, 6) is 0.430. The molecule has 0 atom stereocenters. The fourth-order valence-electron chi connectivity index (χ4n) is 1.67. The van der Waals surface area contributed by atoms with Crippen LogP contribution in [-0.4, -0.2) is 10.2 Å². The number of hydrogen-bond acceptors (Lipinski definition) is 3. The fourth-order valence-corrected chi connectivity index (χ4v) is 2.16. The molecular weight excluding hydrogens is 304 g/mol. The number of fused-ring (bicyclic) bond motifs is 1. The zero-order valence-electron chi connectivity index (χ0n) is 8.52. The number of rotatable bonds is 1. The number of nitrogens with zero attached hydrogens (tertiary/aromatic N) is 2. The molecule has 0 aliphatic carbocycles. The van der Waals surface area contributed by atoms with Crippen LogP contribution in [0.25, 0.3) is 22.2 Å². The fraction of sp³-hybridized carbons (Fsp3) is 0. The molecule has 0 aliphatic heterocycles. The normalized spacial score (nSPS) is 10.9. The van der Waals surface area contributed by atoms with Crippen LogP contribution in [-0.2, 0) is 0 Å². The van der Waals surface area contributed by atoms with Gasteiger partial charge in [-0.1, -0.05) is 33.2 Å². The van der Waals surface area contributed by atoms with Crippen molar-refractivity contribution in [1.82, 2.24) is 10.2 Å². The zero-order valence-corrected chi connectivity index (χ0v) is 10.9. The molecule has 1 aromatic heterocycles. The van der Waals surface area contributed by atoms with Crippen LogP contribution in [0.4, 0.5) is 0 Å². The van der Waals surface area contributed by atoms with Crippen molar-refractivity contribution in [3.8, 4) is 11.5 Å². The van der Waals surface area contributed by atoms with Crippen molar-refractivity contribution in [1.29, 1.82) is 0 Å². The summed E-state index contributed by atoms with van der Waals surface area (Å²) in [5, 5.41) is 9.79. The van der Waals surface area contributed by atoms with E-state index in [1.807, 2.05) is 30.3 Å². The van der Waals surface area contributed by atoms with Crippen LogP contribution in [0.2, 0.25) is 5.35 Å². The Morgan fingerprint density at radius 2 is 1.76 bits per heavy atom. The molecule has 0 N–H and O–H groups in total. The number of benzene rings is 2. The molecule has 5 heteroatoms. The molecule has 84 valence electrons. The first kappa shape index (κ1) is 10.7. The Bertz CT molecular complexity index is 696. The summed E-state index contributed by atoms with van der Waals surface area (Å²) in [6.45, 7) is 0. The van der Waals surface area contributed by atoms with Crippen molar-refractivity contribution in [2.24, 2.45) is 0 Å². The lowest BCUT2D eigenvalue weighted by atomic mass is 10.1. The van der Waals surface area contributed by atoms with Crippen molar-refractivity contribution in [3.05, 3.63) is 46.2 Å². The van der Waals surface area contributed by atoms with E-state index in [0.717, 1.165) is 20.8 Å². The molecule has 3 rings (SSSR count). The minimum atomic E-state index is 0.0518. The lowest BCUT2D eigenvalue weighted by Crippen LogP contribution is -1.79. The molecule has 1 heterocycles. The van der Waals surface area contributed by atoms with E-state index in [4.69, 9.17) is 16.0 Å². The molecule has 0 fully saturated rings. The van der Waals surface area contributed by atoms with E-state index in [1.54, 1.807) is 0 Å². The summed E-state index contributed by atoms with van der Waals surface area (Å²) < 4.78 is 6.23. The topological polar surface area (TPSA) is 38.9 Å². The average molecular weight is 310 g/mol. The third kappa shape index (κ3) is 2.06. The largest absolute Gasteiger partial charge is 0.407 e. The Morgan fingerprint density at radius 1 is 1.00 bits per heavy atom. The highest BCUT2D eigenvalue weighted by Gasteiger charge is 2.07. The maximum absolute atomic E-state index is 5.60. The molecule has 0 spiro atoms. The zero-order chi connectivity index (χ0) is 11.8. The molecule has 0 saturated heterocycles. The lowest BCUT2D eigenvalue weighted by molar-refractivity contribution is 0.571. The van der Waals surface area contributed by atoms with Crippen LogP contribution in [0, 0.1) is 0 Å². The monoisotopic (exact) mass is 308 g/mol. The van der Waals surface area contributed by atoms with E-state index in [-0.39, 0.29) is 5.35 Å². The molecule has 3 nitrogen and oxygen atoms in total. The number of hydrogen-bond donors (Lipinski definition) is 0. The molecule has 3 aromatic rings. The van der Waals surface area contributed by atoms with Gasteiger partial charge in [0.05, 0.1) is 0 Å². The summed E-state index contributed by atoms with van der Waals surface area (Å²) in [4.78, 5) is 0. The standard InChI is InChI=1S/C12H6BrClN2O/c13-10-4-3-7-5-9(2-1-8(7)6-10)11-15-16-12(14)17-11/h1-6H. The summed E-state index contributed by atoms with van der Waals surface area (Å²) in [7, 11) is 0. The van der Waals surface area contributed by atoms with Gasteiger partial charge in [0.15, 0.2) is 0 Å². The van der Waals surface area contributed by atoms with Gasteiger partial charge in [-0.05, 0) is 46.6 Å². The van der Waals surface area contributed by atoms with Gasteiger partial charge in [0.1, 0.15) is 0 Å². The third-order valence-electron chi connectivity index (χ3n) is 2.45. The highest BCUT2D eigenvalue weighted by atomic mass is 79.9. The van der Waals surface area contributed by atoms with Crippen LogP contribution in [0.5, 0.6) is 0 Å². The second kappa shape index (κ2) is 4.13. The van der Waals surface area contributed by atoms with Crippen molar-refractivity contribution in [3.63, 3.8) is 0 Å². The Hall–Kier alpha value is -1.39. The second-order valence-electron chi connectivity index (χ2n) is 3.57. The van der Waals surface area contributed by atoms with Gasteiger partial charge < -0.3 is 4.42 Å². The number of aromatic nitrogens is 2. The molecule has 0 aliphatic rings. The van der Waals surface area contributed by atoms with Gasteiger partial charge in [-0.25, -0.2) is 0 Å². The van der Waals surface area contributed by atoms with Crippen molar-refractivity contribution in [2.45, 2.75) is 0 Å². The van der Waals surface area contributed by atoms with Gasteiger partial charge in [0.2, 0.25) is 5.89 Å². The van der Waals surface area contributed by atoms with E-state index in [9.17, 15) is 0 Å². The highest BCUT2D eigenvalue weighted by molar-refractivity contribution is 9.10. The lowest BCUT2D eigenvalue weighted by Gasteiger charge is -2.00. The van der Waals surface area contributed by atoms with E-state index in [2.05, 4.69) is 32.2 Å². The van der Waals surface area contributed by atoms with Crippen molar-refractivity contribution in [2.75, 3.05) is 0 Å². The third-order valence-corrected chi connectivity index (χ3v) is 3.10. The average Bonchev–Trinajstić information content (AvgIpc) is 2.75. The summed E-state index contributed by atoms with van der Waals surface area (Å²) >= 11 is 9.04. The maximum Gasteiger partial charge on any atom is 0.313 e. The Balaban J connectivity index is 2.16. The minimum absolute atomic E-state index is 0.0518. The van der Waals surface area contributed by atoms with Gasteiger partial charge >= 0.3 is 5.35 Å². The molecule has 17 heavy (non-hydrogen) atoms. The van der Waals surface area contributed by atoms with Gasteiger partial charge in [0.25, 0.3) is 0 Å². The molecule has 0 saturated carbocycles. The molecule has 0 bridgehead atoms. The maximum atomic E-state index is 5.60. The Morgan fingerprint density at radius 3 is 2.53 bits per heavy atom. The molecule has 0 unspecified atom stereocenters. The van der Waals surface area contributed by atoms with Gasteiger partial charge in [-0.15, -0.1) is 5.10 Å². The quantitative estimate of drug-likeness (QED) is 0.672. The molecule has 2 aromatic carbocycles. The number of halogens is 2. The van der Waals surface area contributed by atoms with Crippen molar-refractivity contribution < 1.29 is 4.42 Å². The molecule has 0 amide bonds. The minimum Gasteiger partial charge on any atom is -0.407 e. The summed E-state index contributed by atoms with van der Waals surface area (Å²) in [5.41, 5.74) is 0.860. The van der Waals surface area contributed by atoms with Gasteiger partial charge in [0, 0.05) is 10.0 Å². The highest BCUT2D eigenvalue weighted by Crippen LogP contribution is 2.26. The predicted octanol–water partition coefficient (Wildman–Crippen LogP) is 4.31. The Labute approximate surface area is 111 Å². The first-order valence-corrected chi connectivity index (χ1v) is 6.08. The molecular formula is C12H6BrClN2O. The van der Waals surface area contributed by atoms with Gasteiger partial charge in [-0.3, -0.25) is 0 Å². The van der Waals surface area contributed by atoms with E-state index >= 15 is 0 Å². The van der Waals surface area contributed by atoms with Crippen LogP contribution in [0.3, 0.4) is 0 Å². The van der Waals surface area contributed by atoms with Crippen LogP contribution >= 0.6 is 27.5 Å². The second-order valence-corrected chi connectivity index (χ2v) is 4.81. The van der Waals surface area contributed by atoms with E-state index in [0.29, 0.717) is 5.89 Å². The first-order valence-electron chi connectivity index (χ1n) is 4.91. The van der Waals surface area contributed by atoms with Crippen LogP contribution in [0.15, 0.2) is 45.3 Å². The summed E-state index contributed by atoms with van der Waals surface area (Å²) in [6, 6.07) is 12.0. The first-order chi connectivity index (χ1) is 8.22. The molecule has 0 radical (unpaired) electrons. The SMILES string of the molecule is Clc1nnc(-c2ccc3cc(Br)ccc3c2)o1. The smallest absolute Gasteiger partial charge is 0.313 e. The predicted molar refractivity (Wildman–Crippen MR) is 70.0 cm³/mol. The van der Waals surface area contributed by atoms with Crippen LogP contribution in [0.1, 0.15) is 0 Å². The van der Waals surface area contributed by atoms with Gasteiger partial charge in [-0.2, -0.15) is 0 Å². The van der Waals surface area contributed by atoms with Crippen molar-refractivity contribution >= 4 is 38.3 Å². The van der Waals surface area contributed by atoms with Crippen LogP contribution < -0.4 is 0 Å². The van der Waals surface area contributed by atoms with E-state index in [1.165, 1.54) is 0 Å². The Kier molecular flexibility index (Phi) is 2.61. The summed E-state index contributed by atoms with van der Waals surface area (Å²) in [6.07, 6.45) is 0.